The number of nitrogens with zero attached hydrogens (tertiary/aromatic N) is 1. The van der Waals surface area contributed by atoms with Gasteiger partial charge in [0.15, 0.2) is 0 Å². The van der Waals surface area contributed by atoms with Crippen LogP contribution in [-0.4, -0.2) is 13.1 Å². The monoisotopic (exact) mass is 431 g/mol. The first kappa shape index (κ1) is 20.7. The van der Waals surface area contributed by atoms with E-state index in [1.54, 1.807) is 0 Å². The number of allylic oxidation sites excluding steroid dienone is 2. The van der Waals surface area contributed by atoms with Gasteiger partial charge in [0.1, 0.15) is 0 Å². The molecule has 0 bridgehead atoms. The Balaban J connectivity index is 2.00. The molecule has 32 heavy (non-hydrogen) atoms. The molecule has 5 rings (SSSR count). The minimum absolute atomic E-state index is 1.05. The highest BCUT2D eigenvalue weighted by molar-refractivity contribution is 6.88. The van der Waals surface area contributed by atoms with Gasteiger partial charge < -0.3 is 0 Å². The summed E-state index contributed by atoms with van der Waals surface area (Å²) in [5, 5.41) is 7.85. The van der Waals surface area contributed by atoms with Gasteiger partial charge in [0.05, 0.1) is 19.3 Å². The Morgan fingerprint density at radius 1 is 0.750 bits per heavy atom. The van der Waals surface area contributed by atoms with Crippen LogP contribution >= 0.6 is 0 Å². The number of pyridine rings is 1. The van der Waals surface area contributed by atoms with Crippen LogP contribution in [0.4, 0.5) is 0 Å². The minimum Gasteiger partial charge on any atom is -0.248 e. The fourth-order valence-electron chi connectivity index (χ4n) is 4.55. The number of rotatable bonds is 3. The van der Waals surface area contributed by atoms with Crippen LogP contribution in [0.25, 0.3) is 49.1 Å². The first-order valence-electron chi connectivity index (χ1n) is 11.4. The third-order valence-corrected chi connectivity index (χ3v) is 8.60. The van der Waals surface area contributed by atoms with Crippen molar-refractivity contribution in [3.05, 3.63) is 90.6 Å². The zero-order valence-corrected chi connectivity index (χ0v) is 20.5. The standard InChI is InChI=1S/C30H29NSi/c1-6-20(2)29-19-27(26-18-23(32(3,4)5)15-16-28(26)31-29)30-24-13-9-7-11-21(24)17-22-12-8-10-14-25(22)30/h6-19H,1-5H3/b20-6+. The molecular formula is C30H29NSi. The highest BCUT2D eigenvalue weighted by Crippen LogP contribution is 2.40. The maximum Gasteiger partial charge on any atom is 0.0776 e. The highest BCUT2D eigenvalue weighted by atomic mass is 28.3. The van der Waals surface area contributed by atoms with Crippen LogP contribution in [0, 0.1) is 0 Å². The van der Waals surface area contributed by atoms with Crippen molar-refractivity contribution in [2.75, 3.05) is 0 Å². The van der Waals surface area contributed by atoms with Gasteiger partial charge in [0.2, 0.25) is 0 Å². The van der Waals surface area contributed by atoms with Crippen LogP contribution < -0.4 is 5.19 Å². The molecule has 0 aliphatic rings. The molecule has 0 fully saturated rings. The third-order valence-electron chi connectivity index (χ3n) is 6.55. The summed E-state index contributed by atoms with van der Waals surface area (Å²) < 4.78 is 0. The van der Waals surface area contributed by atoms with Gasteiger partial charge in [-0.15, -0.1) is 0 Å². The molecule has 0 saturated heterocycles. The van der Waals surface area contributed by atoms with Crippen molar-refractivity contribution in [2.24, 2.45) is 0 Å². The van der Waals surface area contributed by atoms with E-state index in [0.717, 1.165) is 11.2 Å². The quantitative estimate of drug-likeness (QED) is 0.207. The molecule has 4 aromatic carbocycles. The topological polar surface area (TPSA) is 12.9 Å². The Bertz CT molecular complexity index is 1470. The lowest BCUT2D eigenvalue weighted by Crippen LogP contribution is -2.37. The van der Waals surface area contributed by atoms with E-state index in [9.17, 15) is 0 Å². The van der Waals surface area contributed by atoms with Crippen LogP contribution in [0.2, 0.25) is 19.6 Å². The molecule has 0 atom stereocenters. The Morgan fingerprint density at radius 2 is 1.38 bits per heavy atom. The molecule has 0 aliphatic carbocycles. The molecule has 5 aromatic rings. The number of hydrogen-bond acceptors (Lipinski definition) is 1. The molecule has 0 N–H and O–H groups in total. The van der Waals surface area contributed by atoms with Gasteiger partial charge in [-0.3, -0.25) is 0 Å². The summed E-state index contributed by atoms with van der Waals surface area (Å²) in [6.07, 6.45) is 2.15. The van der Waals surface area contributed by atoms with Crippen LogP contribution in [0.15, 0.2) is 84.9 Å². The maximum absolute atomic E-state index is 5.06. The number of fused-ring (bicyclic) bond motifs is 3. The normalized spacial score (nSPS) is 12.7. The second-order valence-corrected chi connectivity index (χ2v) is 14.8. The molecule has 2 heteroatoms. The van der Waals surface area contributed by atoms with E-state index >= 15 is 0 Å². The summed E-state index contributed by atoms with van der Waals surface area (Å²) in [6, 6.07) is 29.1. The summed E-state index contributed by atoms with van der Waals surface area (Å²) in [7, 11) is -1.46. The lowest BCUT2D eigenvalue weighted by Gasteiger charge is -2.20. The third kappa shape index (κ3) is 3.45. The van der Waals surface area contributed by atoms with Gasteiger partial charge in [-0.05, 0) is 70.3 Å². The van der Waals surface area contributed by atoms with E-state index in [1.165, 1.54) is 48.8 Å². The average molecular weight is 432 g/mol. The van der Waals surface area contributed by atoms with Gasteiger partial charge in [0, 0.05) is 5.39 Å². The largest absolute Gasteiger partial charge is 0.248 e. The summed E-state index contributed by atoms with van der Waals surface area (Å²) in [4.78, 5) is 5.06. The van der Waals surface area contributed by atoms with Crippen molar-refractivity contribution in [3.8, 4) is 11.1 Å². The summed E-state index contributed by atoms with van der Waals surface area (Å²) in [5.74, 6) is 0. The van der Waals surface area contributed by atoms with Crippen LogP contribution in [-0.2, 0) is 0 Å². The smallest absolute Gasteiger partial charge is 0.0776 e. The maximum atomic E-state index is 5.06. The van der Waals surface area contributed by atoms with Gasteiger partial charge in [0.25, 0.3) is 0 Å². The highest BCUT2D eigenvalue weighted by Gasteiger charge is 2.20. The van der Waals surface area contributed by atoms with Crippen LogP contribution in [0.3, 0.4) is 0 Å². The predicted molar refractivity (Wildman–Crippen MR) is 144 cm³/mol. The van der Waals surface area contributed by atoms with Gasteiger partial charge in [-0.2, -0.15) is 0 Å². The second-order valence-electron chi connectivity index (χ2n) is 9.70. The van der Waals surface area contributed by atoms with Crippen molar-refractivity contribution in [3.63, 3.8) is 0 Å². The lowest BCUT2D eigenvalue weighted by atomic mass is 9.89. The van der Waals surface area contributed by atoms with Crippen molar-refractivity contribution in [1.29, 1.82) is 0 Å². The van der Waals surface area contributed by atoms with Gasteiger partial charge >= 0.3 is 0 Å². The van der Waals surface area contributed by atoms with Crippen molar-refractivity contribution >= 4 is 51.3 Å². The molecule has 1 nitrogen and oxygen atoms in total. The molecule has 158 valence electrons. The Kier molecular flexibility index (Phi) is 4.98. The predicted octanol–water partition coefficient (Wildman–Crippen LogP) is 8.18. The summed E-state index contributed by atoms with van der Waals surface area (Å²) >= 11 is 0. The van der Waals surface area contributed by atoms with E-state index in [2.05, 4.69) is 118 Å². The SMILES string of the molecule is C/C=C(\C)c1cc(-c2c3ccccc3cc3ccccc23)c2cc([Si](C)(C)C)ccc2n1. The van der Waals surface area contributed by atoms with E-state index in [-0.39, 0.29) is 0 Å². The fourth-order valence-corrected chi connectivity index (χ4v) is 5.71. The second kappa shape index (κ2) is 7.72. The molecule has 1 aromatic heterocycles. The van der Waals surface area contributed by atoms with Crippen molar-refractivity contribution < 1.29 is 0 Å². The van der Waals surface area contributed by atoms with Gasteiger partial charge in [-0.25, -0.2) is 4.98 Å². The van der Waals surface area contributed by atoms with Crippen molar-refractivity contribution in [1.82, 2.24) is 4.98 Å². The average Bonchev–Trinajstić information content (AvgIpc) is 2.80. The van der Waals surface area contributed by atoms with Gasteiger partial charge in [-0.1, -0.05) is 91.6 Å². The van der Waals surface area contributed by atoms with E-state index < -0.39 is 8.07 Å². The molecular weight excluding hydrogens is 402 g/mol. The molecule has 0 amide bonds. The zero-order valence-electron chi connectivity index (χ0n) is 19.5. The Labute approximate surface area is 191 Å². The summed E-state index contributed by atoms with van der Waals surface area (Å²) in [6.45, 7) is 11.5. The number of aromatic nitrogens is 1. The first-order valence-corrected chi connectivity index (χ1v) is 14.9. The molecule has 0 unspecified atom stereocenters. The van der Waals surface area contributed by atoms with Crippen LogP contribution in [0.1, 0.15) is 19.5 Å². The minimum atomic E-state index is -1.46. The molecule has 0 saturated carbocycles. The molecule has 1 heterocycles. The van der Waals surface area contributed by atoms with E-state index in [4.69, 9.17) is 4.98 Å². The lowest BCUT2D eigenvalue weighted by molar-refractivity contribution is 1.33. The van der Waals surface area contributed by atoms with E-state index in [0.29, 0.717) is 0 Å². The first-order chi connectivity index (χ1) is 15.4. The summed E-state index contributed by atoms with van der Waals surface area (Å²) in [5.41, 5.74) is 5.90. The molecule has 0 radical (unpaired) electrons. The number of benzene rings is 4. The Morgan fingerprint density at radius 3 is 1.97 bits per heavy atom. The zero-order chi connectivity index (χ0) is 22.5. The fraction of sp³-hybridized carbons (Fsp3) is 0.167. The molecule has 0 aliphatic heterocycles. The number of hydrogen-bond donors (Lipinski definition) is 0. The van der Waals surface area contributed by atoms with Crippen LogP contribution in [0.5, 0.6) is 0 Å². The van der Waals surface area contributed by atoms with Crippen molar-refractivity contribution in [2.45, 2.75) is 33.5 Å². The molecule has 0 spiro atoms. The van der Waals surface area contributed by atoms with E-state index in [1.807, 2.05) is 0 Å². The Hall–Kier alpha value is -3.23.